The molecule has 0 radical (unpaired) electrons. The van der Waals surface area contributed by atoms with Crippen LogP contribution in [-0.2, 0) is 14.8 Å². The summed E-state index contributed by atoms with van der Waals surface area (Å²) >= 11 is 0. The Morgan fingerprint density at radius 3 is 2.24 bits per heavy atom. The highest BCUT2D eigenvalue weighted by Crippen LogP contribution is 2.31. The largest absolute Gasteiger partial charge is 0.480 e. The first-order valence-electron chi connectivity index (χ1n) is 6.00. The third-order valence-corrected chi connectivity index (χ3v) is 5.23. The summed E-state index contributed by atoms with van der Waals surface area (Å²) < 4.78 is 25.6. The molecule has 17 heavy (non-hydrogen) atoms. The first kappa shape index (κ1) is 14.4. The molecule has 0 heterocycles. The van der Waals surface area contributed by atoms with E-state index in [1.54, 1.807) is 0 Å². The molecule has 0 bridgehead atoms. The molecule has 1 unspecified atom stereocenters. The van der Waals surface area contributed by atoms with E-state index < -0.39 is 21.2 Å². The van der Waals surface area contributed by atoms with Gasteiger partial charge in [-0.1, -0.05) is 13.8 Å². The SMILES string of the molecule is CC(C)CCN(C1CC1)S(=O)(=O)C(C)C(=O)O. The Morgan fingerprint density at radius 1 is 1.35 bits per heavy atom. The summed E-state index contributed by atoms with van der Waals surface area (Å²) in [5.41, 5.74) is 0. The van der Waals surface area contributed by atoms with Crippen LogP contribution in [0.2, 0.25) is 0 Å². The average Bonchev–Trinajstić information content (AvgIpc) is 2.99. The van der Waals surface area contributed by atoms with Gasteiger partial charge in [0.1, 0.15) is 0 Å². The number of nitrogens with zero attached hydrogens (tertiary/aromatic N) is 1. The van der Waals surface area contributed by atoms with Gasteiger partial charge in [-0.25, -0.2) is 8.42 Å². The molecule has 1 atom stereocenters. The highest BCUT2D eigenvalue weighted by Gasteiger charge is 2.41. The van der Waals surface area contributed by atoms with Gasteiger partial charge < -0.3 is 5.11 Å². The zero-order valence-corrected chi connectivity index (χ0v) is 11.4. The van der Waals surface area contributed by atoms with Crippen molar-refractivity contribution in [2.45, 2.75) is 51.3 Å². The third-order valence-electron chi connectivity index (χ3n) is 3.00. The second-order valence-electron chi connectivity index (χ2n) is 5.05. The molecule has 1 N–H and O–H groups in total. The Bertz CT molecular complexity index is 373. The van der Waals surface area contributed by atoms with E-state index in [0.29, 0.717) is 12.5 Å². The smallest absolute Gasteiger partial charge is 0.323 e. The van der Waals surface area contributed by atoms with Gasteiger partial charge in [-0.3, -0.25) is 4.79 Å². The maximum atomic E-state index is 12.1. The van der Waals surface area contributed by atoms with E-state index >= 15 is 0 Å². The van der Waals surface area contributed by atoms with E-state index in [4.69, 9.17) is 5.11 Å². The normalized spacial score (nSPS) is 18.6. The van der Waals surface area contributed by atoms with Gasteiger partial charge in [-0.05, 0) is 32.1 Å². The Morgan fingerprint density at radius 2 is 1.88 bits per heavy atom. The summed E-state index contributed by atoms with van der Waals surface area (Å²) in [5, 5.41) is 7.49. The van der Waals surface area contributed by atoms with Crippen LogP contribution in [-0.4, -0.2) is 41.6 Å². The number of sulfonamides is 1. The van der Waals surface area contributed by atoms with E-state index in [-0.39, 0.29) is 6.04 Å². The standard InChI is InChI=1S/C11H21NO4S/c1-8(2)6-7-12(10-4-5-10)17(15,16)9(3)11(13)14/h8-10H,4-7H2,1-3H3,(H,13,14). The van der Waals surface area contributed by atoms with Crippen LogP contribution in [0.3, 0.4) is 0 Å². The van der Waals surface area contributed by atoms with Gasteiger partial charge in [-0.2, -0.15) is 4.31 Å². The first-order valence-corrected chi connectivity index (χ1v) is 7.50. The van der Waals surface area contributed by atoms with E-state index in [1.807, 2.05) is 13.8 Å². The summed E-state index contributed by atoms with van der Waals surface area (Å²) in [6.07, 6.45) is 2.47. The van der Waals surface area contributed by atoms with Crippen LogP contribution in [0.5, 0.6) is 0 Å². The molecule has 1 aliphatic rings. The molecule has 0 aromatic heterocycles. The number of aliphatic carboxylic acids is 1. The van der Waals surface area contributed by atoms with Crippen molar-refractivity contribution in [3.63, 3.8) is 0 Å². The molecular weight excluding hydrogens is 242 g/mol. The van der Waals surface area contributed by atoms with Crippen LogP contribution >= 0.6 is 0 Å². The number of carboxylic acids is 1. The van der Waals surface area contributed by atoms with Gasteiger partial charge >= 0.3 is 5.97 Å². The van der Waals surface area contributed by atoms with Crippen molar-refractivity contribution in [3.8, 4) is 0 Å². The van der Waals surface area contributed by atoms with Gasteiger partial charge in [-0.15, -0.1) is 0 Å². The second kappa shape index (κ2) is 5.35. The molecule has 1 aliphatic carbocycles. The number of carbonyl (C=O) groups is 1. The fourth-order valence-electron chi connectivity index (χ4n) is 1.60. The van der Waals surface area contributed by atoms with Crippen molar-refractivity contribution >= 4 is 16.0 Å². The quantitative estimate of drug-likeness (QED) is 0.751. The van der Waals surface area contributed by atoms with Crippen LogP contribution in [0.4, 0.5) is 0 Å². The van der Waals surface area contributed by atoms with Gasteiger partial charge in [0.2, 0.25) is 10.0 Å². The molecule has 0 spiro atoms. The number of carboxylic acid groups (broad SMARTS) is 1. The van der Waals surface area contributed by atoms with Gasteiger partial charge in [0.25, 0.3) is 0 Å². The Labute approximate surface area is 103 Å². The number of rotatable bonds is 7. The minimum Gasteiger partial charge on any atom is -0.480 e. The lowest BCUT2D eigenvalue weighted by atomic mass is 10.1. The molecule has 0 amide bonds. The lowest BCUT2D eigenvalue weighted by Crippen LogP contribution is -2.43. The summed E-state index contributed by atoms with van der Waals surface area (Å²) in [7, 11) is -3.70. The molecule has 0 aromatic carbocycles. The fourth-order valence-corrected chi connectivity index (χ4v) is 3.24. The molecule has 1 rings (SSSR count). The molecule has 6 heteroatoms. The lowest BCUT2D eigenvalue weighted by molar-refractivity contribution is -0.136. The van der Waals surface area contributed by atoms with Crippen molar-refractivity contribution in [2.24, 2.45) is 5.92 Å². The van der Waals surface area contributed by atoms with Crippen LogP contribution in [0, 0.1) is 5.92 Å². The van der Waals surface area contributed by atoms with Gasteiger partial charge in [0.15, 0.2) is 5.25 Å². The average molecular weight is 263 g/mol. The van der Waals surface area contributed by atoms with Crippen LogP contribution in [0.25, 0.3) is 0 Å². The summed E-state index contributed by atoms with van der Waals surface area (Å²) in [4.78, 5) is 10.8. The van der Waals surface area contributed by atoms with Gasteiger partial charge in [0.05, 0.1) is 0 Å². The maximum absolute atomic E-state index is 12.1. The Hall–Kier alpha value is -0.620. The molecule has 0 aliphatic heterocycles. The minimum absolute atomic E-state index is 0.0283. The van der Waals surface area contributed by atoms with E-state index in [1.165, 1.54) is 11.2 Å². The van der Waals surface area contributed by atoms with Crippen molar-refractivity contribution in [1.29, 1.82) is 0 Å². The van der Waals surface area contributed by atoms with E-state index in [2.05, 4.69) is 0 Å². The van der Waals surface area contributed by atoms with Crippen molar-refractivity contribution in [2.75, 3.05) is 6.54 Å². The monoisotopic (exact) mass is 263 g/mol. The number of hydrogen-bond donors (Lipinski definition) is 1. The van der Waals surface area contributed by atoms with Crippen LogP contribution in [0.1, 0.15) is 40.0 Å². The van der Waals surface area contributed by atoms with Crippen molar-refractivity contribution in [3.05, 3.63) is 0 Å². The van der Waals surface area contributed by atoms with Crippen LogP contribution < -0.4 is 0 Å². The van der Waals surface area contributed by atoms with Crippen molar-refractivity contribution in [1.82, 2.24) is 4.31 Å². The first-order chi connectivity index (χ1) is 7.76. The second-order valence-corrected chi connectivity index (χ2v) is 7.26. The highest BCUT2D eigenvalue weighted by atomic mass is 32.2. The summed E-state index contributed by atoms with van der Waals surface area (Å²) in [6, 6.07) is 0.0283. The zero-order valence-electron chi connectivity index (χ0n) is 10.6. The summed E-state index contributed by atoms with van der Waals surface area (Å²) in [6.45, 7) is 5.72. The lowest BCUT2D eigenvalue weighted by Gasteiger charge is -2.24. The highest BCUT2D eigenvalue weighted by molar-refractivity contribution is 7.90. The minimum atomic E-state index is -3.70. The molecule has 0 aromatic rings. The Balaban J connectivity index is 2.79. The fraction of sp³-hybridized carbons (Fsp3) is 0.909. The van der Waals surface area contributed by atoms with E-state index in [9.17, 15) is 13.2 Å². The van der Waals surface area contributed by atoms with Gasteiger partial charge in [0, 0.05) is 12.6 Å². The molecule has 1 saturated carbocycles. The van der Waals surface area contributed by atoms with E-state index in [0.717, 1.165) is 19.3 Å². The Kier molecular flexibility index (Phi) is 4.55. The topological polar surface area (TPSA) is 74.7 Å². The summed E-state index contributed by atoms with van der Waals surface area (Å²) in [5.74, 6) is -0.869. The predicted octanol–water partition coefficient (Wildman–Crippen LogP) is 1.30. The number of hydrogen-bond acceptors (Lipinski definition) is 3. The maximum Gasteiger partial charge on any atom is 0.323 e. The predicted molar refractivity (Wildman–Crippen MR) is 65.2 cm³/mol. The molecule has 100 valence electrons. The third kappa shape index (κ3) is 3.67. The molecular formula is C11H21NO4S. The van der Waals surface area contributed by atoms with Crippen LogP contribution in [0.15, 0.2) is 0 Å². The molecule has 5 nitrogen and oxygen atoms in total. The molecule has 0 saturated heterocycles. The molecule has 1 fully saturated rings. The zero-order chi connectivity index (χ0) is 13.2. The van der Waals surface area contributed by atoms with Crippen molar-refractivity contribution < 1.29 is 18.3 Å².